The number of carbonyl (C=O) groups excluding carboxylic acids is 1. The summed E-state index contributed by atoms with van der Waals surface area (Å²) in [6, 6.07) is 12.2. The summed E-state index contributed by atoms with van der Waals surface area (Å²) in [6.07, 6.45) is 3.01. The van der Waals surface area contributed by atoms with Gasteiger partial charge in [0.05, 0.1) is 23.4 Å². The van der Waals surface area contributed by atoms with Crippen LogP contribution in [0.15, 0.2) is 55.1 Å². The molecule has 3 aromatic heterocycles. The zero-order valence-electron chi connectivity index (χ0n) is 20.5. The number of imidazole rings is 2. The maximum atomic E-state index is 15.5. The standard InChI is InChI=1S/C26H26FN9O/c1-16(32-24-21-23(29-14-28-21)30-15-31-24)25-33-19-9-8-18(27)20(26(37)35-12-10-34(2)11-13-35)22(19)36(25)17-6-4-3-5-7-17/h3-9,14-16H,10-13H2,1-2H3,(H2,28,29,30,31,32). The first-order valence-electron chi connectivity index (χ1n) is 12.2. The molecular formula is C26H26FN9O. The number of nitrogens with zero attached hydrogens (tertiary/aromatic N) is 7. The Morgan fingerprint density at radius 1 is 1.05 bits per heavy atom. The number of carbonyl (C=O) groups is 1. The Balaban J connectivity index is 1.50. The predicted molar refractivity (Wildman–Crippen MR) is 138 cm³/mol. The second kappa shape index (κ2) is 9.25. The van der Waals surface area contributed by atoms with Gasteiger partial charge in [0.1, 0.15) is 29.0 Å². The molecule has 2 aromatic carbocycles. The molecule has 11 heteroatoms. The fourth-order valence-electron chi connectivity index (χ4n) is 4.80. The van der Waals surface area contributed by atoms with E-state index in [4.69, 9.17) is 4.98 Å². The highest BCUT2D eigenvalue weighted by molar-refractivity contribution is 6.06. The number of hydrogen-bond acceptors (Lipinski definition) is 7. The molecule has 1 atom stereocenters. The van der Waals surface area contributed by atoms with Gasteiger partial charge in [0.15, 0.2) is 11.5 Å². The Hall–Kier alpha value is -4.38. The molecule has 4 heterocycles. The van der Waals surface area contributed by atoms with Crippen molar-refractivity contribution in [1.82, 2.24) is 39.3 Å². The molecule has 1 aliphatic heterocycles. The quantitative estimate of drug-likeness (QED) is 0.382. The number of hydrogen-bond donors (Lipinski definition) is 2. The number of aromatic amines is 1. The summed E-state index contributed by atoms with van der Waals surface area (Å²) in [6.45, 7) is 4.53. The van der Waals surface area contributed by atoms with Gasteiger partial charge >= 0.3 is 0 Å². The summed E-state index contributed by atoms with van der Waals surface area (Å²) >= 11 is 0. The van der Waals surface area contributed by atoms with Gasteiger partial charge in [0.25, 0.3) is 5.91 Å². The molecule has 1 aliphatic rings. The molecule has 0 radical (unpaired) electrons. The van der Waals surface area contributed by atoms with Crippen molar-refractivity contribution in [1.29, 1.82) is 0 Å². The fourth-order valence-corrected chi connectivity index (χ4v) is 4.80. The number of aromatic nitrogens is 6. The minimum Gasteiger partial charge on any atom is -0.358 e. The van der Waals surface area contributed by atoms with Crippen molar-refractivity contribution >= 4 is 33.9 Å². The molecular weight excluding hydrogens is 473 g/mol. The van der Waals surface area contributed by atoms with Gasteiger partial charge in [-0.15, -0.1) is 0 Å². The third-order valence-electron chi connectivity index (χ3n) is 6.78. The summed E-state index contributed by atoms with van der Waals surface area (Å²) < 4.78 is 17.3. The molecule has 1 unspecified atom stereocenters. The number of amides is 1. The molecule has 6 rings (SSSR count). The second-order valence-electron chi connectivity index (χ2n) is 9.22. The molecule has 1 amide bonds. The average molecular weight is 500 g/mol. The molecule has 0 spiro atoms. The van der Waals surface area contributed by atoms with Crippen LogP contribution < -0.4 is 5.32 Å². The smallest absolute Gasteiger partial charge is 0.259 e. The van der Waals surface area contributed by atoms with E-state index in [9.17, 15) is 4.79 Å². The largest absolute Gasteiger partial charge is 0.358 e. The third-order valence-corrected chi connectivity index (χ3v) is 6.78. The van der Waals surface area contributed by atoms with Crippen LogP contribution >= 0.6 is 0 Å². The highest BCUT2D eigenvalue weighted by atomic mass is 19.1. The van der Waals surface area contributed by atoms with Crippen LogP contribution in [0.25, 0.3) is 27.9 Å². The number of H-pyrrole nitrogens is 1. The number of fused-ring (bicyclic) bond motifs is 2. The number of anilines is 1. The molecule has 37 heavy (non-hydrogen) atoms. The van der Waals surface area contributed by atoms with Gasteiger partial charge in [-0.1, -0.05) is 18.2 Å². The first-order valence-corrected chi connectivity index (χ1v) is 12.2. The minimum absolute atomic E-state index is 0.0369. The van der Waals surface area contributed by atoms with Crippen LogP contribution in [0.2, 0.25) is 0 Å². The zero-order chi connectivity index (χ0) is 25.5. The number of para-hydroxylation sites is 1. The van der Waals surface area contributed by atoms with E-state index in [0.29, 0.717) is 46.9 Å². The minimum atomic E-state index is -0.560. The van der Waals surface area contributed by atoms with E-state index in [2.05, 4.69) is 30.2 Å². The van der Waals surface area contributed by atoms with Crippen molar-refractivity contribution in [3.8, 4) is 5.69 Å². The normalized spacial score (nSPS) is 15.4. The van der Waals surface area contributed by atoms with Gasteiger partial charge < -0.3 is 20.1 Å². The van der Waals surface area contributed by atoms with Crippen molar-refractivity contribution in [2.24, 2.45) is 0 Å². The van der Waals surface area contributed by atoms with Crippen molar-refractivity contribution in [2.75, 3.05) is 38.5 Å². The van der Waals surface area contributed by atoms with E-state index < -0.39 is 5.82 Å². The van der Waals surface area contributed by atoms with Crippen LogP contribution in [0.1, 0.15) is 29.1 Å². The Morgan fingerprint density at radius 2 is 1.84 bits per heavy atom. The maximum absolute atomic E-state index is 15.5. The van der Waals surface area contributed by atoms with Gasteiger partial charge in [0.2, 0.25) is 0 Å². The van der Waals surface area contributed by atoms with Gasteiger partial charge in [-0.05, 0) is 38.2 Å². The molecule has 1 fully saturated rings. The lowest BCUT2D eigenvalue weighted by Crippen LogP contribution is -2.47. The molecule has 0 saturated carbocycles. The van der Waals surface area contributed by atoms with E-state index in [1.165, 1.54) is 12.4 Å². The van der Waals surface area contributed by atoms with E-state index in [1.807, 2.05) is 48.9 Å². The first kappa shape index (κ1) is 23.0. The van der Waals surface area contributed by atoms with Crippen LogP contribution in [0.3, 0.4) is 0 Å². The van der Waals surface area contributed by atoms with Crippen molar-refractivity contribution in [3.63, 3.8) is 0 Å². The van der Waals surface area contributed by atoms with Crippen LogP contribution in [0, 0.1) is 5.82 Å². The number of nitrogens with one attached hydrogen (secondary N) is 2. The van der Waals surface area contributed by atoms with Crippen molar-refractivity contribution in [2.45, 2.75) is 13.0 Å². The summed E-state index contributed by atoms with van der Waals surface area (Å²) in [5.74, 6) is 0.304. The van der Waals surface area contributed by atoms with E-state index >= 15 is 4.39 Å². The van der Waals surface area contributed by atoms with Crippen molar-refractivity contribution in [3.05, 3.63) is 72.3 Å². The number of piperazine rings is 1. The van der Waals surface area contributed by atoms with E-state index in [0.717, 1.165) is 18.8 Å². The Morgan fingerprint density at radius 3 is 2.62 bits per heavy atom. The monoisotopic (exact) mass is 499 g/mol. The summed E-state index contributed by atoms with van der Waals surface area (Å²) in [5, 5.41) is 3.39. The number of halogens is 1. The van der Waals surface area contributed by atoms with Crippen molar-refractivity contribution < 1.29 is 9.18 Å². The SMILES string of the molecule is CC(Nc1ncnc2nc[nH]c12)c1nc2ccc(F)c(C(=O)N3CCN(C)CC3)c2n1-c1ccccc1. The number of benzene rings is 2. The lowest BCUT2D eigenvalue weighted by atomic mass is 10.1. The van der Waals surface area contributed by atoms with E-state index in [-0.39, 0.29) is 17.5 Å². The van der Waals surface area contributed by atoms with Gasteiger partial charge in [0, 0.05) is 31.9 Å². The Labute approximate surface area is 212 Å². The van der Waals surface area contributed by atoms with Gasteiger partial charge in [-0.3, -0.25) is 9.36 Å². The molecule has 188 valence electrons. The molecule has 10 nitrogen and oxygen atoms in total. The van der Waals surface area contributed by atoms with Crippen LogP contribution in [0.5, 0.6) is 0 Å². The Kier molecular flexibility index (Phi) is 5.76. The molecule has 5 aromatic rings. The number of rotatable bonds is 5. The lowest BCUT2D eigenvalue weighted by Gasteiger charge is -2.32. The lowest BCUT2D eigenvalue weighted by molar-refractivity contribution is 0.0661. The van der Waals surface area contributed by atoms with Gasteiger partial charge in [-0.2, -0.15) is 0 Å². The molecule has 2 N–H and O–H groups in total. The second-order valence-corrected chi connectivity index (χ2v) is 9.22. The fraction of sp³-hybridized carbons (Fsp3) is 0.269. The number of likely N-dealkylation sites (N-methyl/N-ethyl adjacent to an activating group) is 1. The highest BCUT2D eigenvalue weighted by Crippen LogP contribution is 2.32. The topological polar surface area (TPSA) is 108 Å². The molecule has 0 bridgehead atoms. The maximum Gasteiger partial charge on any atom is 0.259 e. The summed E-state index contributed by atoms with van der Waals surface area (Å²) in [5.41, 5.74) is 3.03. The van der Waals surface area contributed by atoms with Crippen LogP contribution in [-0.2, 0) is 0 Å². The summed E-state index contributed by atoms with van der Waals surface area (Å²) in [4.78, 5) is 38.2. The van der Waals surface area contributed by atoms with Crippen LogP contribution in [0.4, 0.5) is 10.2 Å². The third kappa shape index (κ3) is 4.06. The Bertz CT molecular complexity index is 1590. The molecule has 0 aliphatic carbocycles. The zero-order valence-corrected chi connectivity index (χ0v) is 20.5. The average Bonchev–Trinajstić information content (AvgIpc) is 3.55. The van der Waals surface area contributed by atoms with Crippen LogP contribution in [-0.4, -0.2) is 78.4 Å². The van der Waals surface area contributed by atoms with Gasteiger partial charge in [-0.25, -0.2) is 24.3 Å². The summed E-state index contributed by atoms with van der Waals surface area (Å²) in [7, 11) is 2.02. The molecule has 1 saturated heterocycles. The highest BCUT2D eigenvalue weighted by Gasteiger charge is 2.29. The first-order chi connectivity index (χ1) is 18.0. The predicted octanol–water partition coefficient (Wildman–Crippen LogP) is 3.39. The van der Waals surface area contributed by atoms with E-state index in [1.54, 1.807) is 17.3 Å².